The molecule has 0 aromatic heterocycles. The zero-order valence-electron chi connectivity index (χ0n) is 49.6. The molecule has 0 saturated heterocycles. The van der Waals surface area contributed by atoms with Crippen molar-refractivity contribution in [1.29, 1.82) is 0 Å². The van der Waals surface area contributed by atoms with Crippen molar-refractivity contribution in [3.05, 3.63) is 48.6 Å². The predicted molar refractivity (Wildman–Crippen MR) is 321 cm³/mol. The molecule has 0 spiro atoms. The smallest absolute Gasteiger partial charge is 0.306 e. The van der Waals surface area contributed by atoms with E-state index >= 15 is 0 Å². The molecule has 0 heterocycles. The molecule has 0 radical (unpaired) electrons. The third-order valence-electron chi connectivity index (χ3n) is 14.5. The molecule has 0 bridgehead atoms. The molecule has 1 atom stereocenters. The first-order valence-electron chi connectivity index (χ1n) is 32.6. The number of ether oxygens (including phenoxy) is 3. The second-order valence-corrected chi connectivity index (χ2v) is 22.0. The fourth-order valence-corrected chi connectivity index (χ4v) is 9.63. The minimum absolute atomic E-state index is 0.0780. The number of allylic oxidation sites excluding steroid dienone is 8. The molecule has 0 aromatic rings. The molecule has 0 aliphatic carbocycles. The molecule has 1 unspecified atom stereocenters. The monoisotopic (exact) mass is 1040 g/mol. The topological polar surface area (TPSA) is 78.9 Å². The molecular formula is C68H124O6. The maximum absolute atomic E-state index is 12.9. The average Bonchev–Trinajstić information content (AvgIpc) is 3.40. The van der Waals surface area contributed by atoms with Gasteiger partial charge in [0, 0.05) is 19.3 Å². The fourth-order valence-electron chi connectivity index (χ4n) is 9.63. The molecule has 0 aromatic carbocycles. The summed E-state index contributed by atoms with van der Waals surface area (Å²) in [7, 11) is 0. The maximum Gasteiger partial charge on any atom is 0.306 e. The van der Waals surface area contributed by atoms with E-state index in [1.807, 2.05) is 0 Å². The van der Waals surface area contributed by atoms with Gasteiger partial charge < -0.3 is 14.2 Å². The van der Waals surface area contributed by atoms with Crippen LogP contribution < -0.4 is 0 Å². The Kier molecular flexibility index (Phi) is 60.7. The van der Waals surface area contributed by atoms with Gasteiger partial charge in [-0.1, -0.05) is 301 Å². The lowest BCUT2D eigenvalue weighted by Gasteiger charge is -2.18. The lowest BCUT2D eigenvalue weighted by molar-refractivity contribution is -0.167. The highest BCUT2D eigenvalue weighted by Gasteiger charge is 2.19. The summed E-state index contributed by atoms with van der Waals surface area (Å²) in [6.45, 7) is 6.60. The molecular weight excluding hydrogens is 913 g/mol. The number of rotatable bonds is 60. The van der Waals surface area contributed by atoms with Crippen molar-refractivity contribution in [3.8, 4) is 0 Å². The Labute approximate surface area is 460 Å². The molecule has 0 saturated carbocycles. The highest BCUT2D eigenvalue weighted by atomic mass is 16.6. The number of carbonyl (C=O) groups excluding carboxylic acids is 3. The Morgan fingerprint density at radius 1 is 0.270 bits per heavy atom. The highest BCUT2D eigenvalue weighted by molar-refractivity contribution is 5.71. The van der Waals surface area contributed by atoms with E-state index in [-0.39, 0.29) is 31.1 Å². The largest absolute Gasteiger partial charge is 0.462 e. The van der Waals surface area contributed by atoms with Crippen molar-refractivity contribution >= 4 is 17.9 Å². The van der Waals surface area contributed by atoms with Gasteiger partial charge in [-0.25, -0.2) is 0 Å². The summed E-state index contributed by atoms with van der Waals surface area (Å²) in [5, 5.41) is 0. The van der Waals surface area contributed by atoms with E-state index in [0.29, 0.717) is 19.3 Å². The van der Waals surface area contributed by atoms with E-state index in [1.165, 1.54) is 212 Å². The van der Waals surface area contributed by atoms with Crippen molar-refractivity contribution in [2.45, 2.75) is 354 Å². The summed E-state index contributed by atoms with van der Waals surface area (Å²) in [6, 6.07) is 0. The quantitative estimate of drug-likeness (QED) is 0.0261. The summed E-state index contributed by atoms with van der Waals surface area (Å²) < 4.78 is 16.9. The van der Waals surface area contributed by atoms with Crippen molar-refractivity contribution in [1.82, 2.24) is 0 Å². The van der Waals surface area contributed by atoms with Crippen LogP contribution in [0.15, 0.2) is 48.6 Å². The van der Waals surface area contributed by atoms with E-state index in [4.69, 9.17) is 14.2 Å². The standard InChI is InChI=1S/C68H124O6/c1-4-7-10-13-16-19-22-24-26-28-30-32-33-34-35-37-38-40-42-44-46-49-52-55-58-61-67(70)73-64-65(63-72-66(69)60-57-54-51-48-21-18-15-12-9-6-3)74-68(71)62-59-56-53-50-47-45-43-41-39-36-31-29-27-25-23-20-17-14-11-8-5-2/h12,15,23,25,29,31,39,41,65H,4-11,13-14,16-22,24,26-28,30,32-38,40,42-64H2,1-3H3/b15-12-,25-23-,31-29-,41-39-. The number of carbonyl (C=O) groups is 3. The van der Waals surface area contributed by atoms with Crippen LogP contribution in [0.3, 0.4) is 0 Å². The second kappa shape index (κ2) is 62.9. The van der Waals surface area contributed by atoms with Crippen molar-refractivity contribution < 1.29 is 28.6 Å². The van der Waals surface area contributed by atoms with Crippen LogP contribution in [0, 0.1) is 0 Å². The van der Waals surface area contributed by atoms with Gasteiger partial charge in [-0.05, 0) is 77.0 Å². The van der Waals surface area contributed by atoms with Crippen molar-refractivity contribution in [3.63, 3.8) is 0 Å². The summed E-state index contributed by atoms with van der Waals surface area (Å²) >= 11 is 0. The Balaban J connectivity index is 4.21. The van der Waals surface area contributed by atoms with E-state index in [1.54, 1.807) is 0 Å². The summed E-state index contributed by atoms with van der Waals surface area (Å²) in [5.74, 6) is -0.883. The Bertz CT molecular complexity index is 1280. The maximum atomic E-state index is 12.9. The minimum atomic E-state index is -0.782. The van der Waals surface area contributed by atoms with Crippen molar-refractivity contribution in [2.24, 2.45) is 0 Å². The van der Waals surface area contributed by atoms with Crippen LogP contribution in [0.2, 0.25) is 0 Å². The SMILES string of the molecule is CCC/C=C\CCCCCCCC(=O)OCC(COC(=O)CCCCCCCCCCCCCCCCCCCCCCCCCCC)OC(=O)CCCCCCCC/C=C\C/C=C\C/C=C\CCCCCCC. The Hall–Kier alpha value is -2.63. The number of esters is 3. The van der Waals surface area contributed by atoms with E-state index in [9.17, 15) is 14.4 Å². The fraction of sp³-hybridized carbons (Fsp3) is 0.838. The lowest BCUT2D eigenvalue weighted by atomic mass is 10.0. The summed E-state index contributed by atoms with van der Waals surface area (Å²) in [6.07, 6.45) is 78.5. The van der Waals surface area contributed by atoms with Crippen LogP contribution in [-0.4, -0.2) is 37.2 Å². The van der Waals surface area contributed by atoms with E-state index < -0.39 is 6.10 Å². The van der Waals surface area contributed by atoms with Gasteiger partial charge in [-0.3, -0.25) is 14.4 Å². The molecule has 0 N–H and O–H groups in total. The Morgan fingerprint density at radius 2 is 0.514 bits per heavy atom. The van der Waals surface area contributed by atoms with Gasteiger partial charge in [0.25, 0.3) is 0 Å². The summed E-state index contributed by atoms with van der Waals surface area (Å²) in [5.41, 5.74) is 0. The molecule has 0 aliphatic heterocycles. The van der Waals surface area contributed by atoms with Gasteiger partial charge >= 0.3 is 17.9 Å². The molecule has 432 valence electrons. The molecule has 0 amide bonds. The normalized spacial score (nSPS) is 12.3. The van der Waals surface area contributed by atoms with Crippen LogP contribution in [0.4, 0.5) is 0 Å². The van der Waals surface area contributed by atoms with Gasteiger partial charge in [0.05, 0.1) is 0 Å². The number of unbranched alkanes of at least 4 members (excludes halogenated alkanes) is 41. The predicted octanol–water partition coefficient (Wildman–Crippen LogP) is 22.2. The zero-order chi connectivity index (χ0) is 53.6. The number of hydrogen-bond acceptors (Lipinski definition) is 6. The minimum Gasteiger partial charge on any atom is -0.462 e. The van der Waals surface area contributed by atoms with Gasteiger partial charge in [0.2, 0.25) is 0 Å². The van der Waals surface area contributed by atoms with Gasteiger partial charge in [0.1, 0.15) is 13.2 Å². The van der Waals surface area contributed by atoms with Crippen LogP contribution in [0.1, 0.15) is 348 Å². The van der Waals surface area contributed by atoms with E-state index in [0.717, 1.165) is 96.3 Å². The molecule has 0 aliphatic rings. The van der Waals surface area contributed by atoms with Crippen LogP contribution in [0.5, 0.6) is 0 Å². The average molecular weight is 1040 g/mol. The van der Waals surface area contributed by atoms with Gasteiger partial charge in [-0.2, -0.15) is 0 Å². The van der Waals surface area contributed by atoms with E-state index in [2.05, 4.69) is 69.4 Å². The van der Waals surface area contributed by atoms with Crippen LogP contribution in [-0.2, 0) is 28.6 Å². The first-order chi connectivity index (χ1) is 36.5. The third kappa shape index (κ3) is 60.2. The molecule has 0 rings (SSSR count). The molecule has 0 fully saturated rings. The second-order valence-electron chi connectivity index (χ2n) is 22.0. The molecule has 6 heteroatoms. The molecule has 74 heavy (non-hydrogen) atoms. The van der Waals surface area contributed by atoms with Crippen LogP contribution >= 0.6 is 0 Å². The van der Waals surface area contributed by atoms with Gasteiger partial charge in [0.15, 0.2) is 6.10 Å². The van der Waals surface area contributed by atoms with Gasteiger partial charge in [-0.15, -0.1) is 0 Å². The highest BCUT2D eigenvalue weighted by Crippen LogP contribution is 2.18. The van der Waals surface area contributed by atoms with Crippen LogP contribution in [0.25, 0.3) is 0 Å². The third-order valence-corrected chi connectivity index (χ3v) is 14.5. The first kappa shape index (κ1) is 71.4. The lowest BCUT2D eigenvalue weighted by Crippen LogP contribution is -2.30. The first-order valence-corrected chi connectivity index (χ1v) is 32.6. The zero-order valence-corrected chi connectivity index (χ0v) is 49.6. The summed E-state index contributed by atoms with van der Waals surface area (Å²) in [4.78, 5) is 38.2. The number of hydrogen-bond donors (Lipinski definition) is 0. The molecule has 6 nitrogen and oxygen atoms in total. The Morgan fingerprint density at radius 3 is 0.824 bits per heavy atom. The van der Waals surface area contributed by atoms with Crippen molar-refractivity contribution in [2.75, 3.05) is 13.2 Å².